The van der Waals surface area contributed by atoms with Crippen molar-refractivity contribution in [3.8, 4) is 12.1 Å². The number of rotatable bonds is 2. The number of nitriles is 2. The highest BCUT2D eigenvalue weighted by atomic mass is 14.8. The first-order valence-electron chi connectivity index (χ1n) is 6.51. The Morgan fingerprint density at radius 3 is 1.90 bits per heavy atom. The molecule has 98 valence electrons. The van der Waals surface area contributed by atoms with Crippen LogP contribution in [0.3, 0.4) is 0 Å². The second kappa shape index (κ2) is 5.36. The normalized spacial score (nSPS) is 9.81. The molecule has 0 aliphatic heterocycles. The van der Waals surface area contributed by atoms with Crippen molar-refractivity contribution in [2.45, 2.75) is 0 Å². The summed E-state index contributed by atoms with van der Waals surface area (Å²) in [5.74, 6) is 0. The molecule has 3 nitrogen and oxygen atoms in total. The highest BCUT2D eigenvalue weighted by Gasteiger charge is 2.06. The van der Waals surface area contributed by atoms with Gasteiger partial charge >= 0.3 is 0 Å². The van der Waals surface area contributed by atoms with E-state index in [0.29, 0.717) is 0 Å². The molecule has 0 heterocycles. The first-order chi connectivity index (χ1) is 10.3. The molecule has 0 aliphatic carbocycles. The highest BCUT2D eigenvalue weighted by molar-refractivity contribution is 6.11. The number of benzene rings is 3. The molecule has 1 N–H and O–H groups in total. The largest absolute Gasteiger partial charge is 0.359 e. The van der Waals surface area contributed by atoms with Gasteiger partial charge < -0.3 is 5.32 Å². The minimum absolute atomic E-state index is 0.0482. The molecule has 0 bridgehead atoms. The molecule has 0 radical (unpaired) electrons. The summed E-state index contributed by atoms with van der Waals surface area (Å²) in [6, 6.07) is 21.9. The van der Waals surface area contributed by atoms with Gasteiger partial charge in [-0.2, -0.15) is 10.5 Å². The summed E-state index contributed by atoms with van der Waals surface area (Å²) in [5, 5.41) is 25.2. The molecule has 21 heavy (non-hydrogen) atoms. The lowest BCUT2D eigenvalue weighted by molar-refractivity contribution is 1.45. The van der Waals surface area contributed by atoms with Gasteiger partial charge in [0.05, 0.1) is 5.69 Å². The van der Waals surface area contributed by atoms with Crippen LogP contribution in [0.1, 0.15) is 0 Å². The predicted octanol–water partition coefficient (Wildman–Crippen LogP) is 4.34. The first kappa shape index (κ1) is 12.7. The predicted molar refractivity (Wildman–Crippen MR) is 84.4 cm³/mol. The molecule has 3 aromatic carbocycles. The van der Waals surface area contributed by atoms with E-state index < -0.39 is 0 Å². The van der Waals surface area contributed by atoms with E-state index in [1.54, 1.807) is 0 Å². The van der Waals surface area contributed by atoms with Crippen LogP contribution in [0.5, 0.6) is 0 Å². The summed E-state index contributed by atoms with van der Waals surface area (Å²) in [6.45, 7) is 0. The minimum Gasteiger partial charge on any atom is -0.359 e. The Morgan fingerprint density at radius 1 is 0.857 bits per heavy atom. The van der Waals surface area contributed by atoms with Crippen LogP contribution in [-0.4, -0.2) is 0 Å². The van der Waals surface area contributed by atoms with E-state index in [9.17, 15) is 0 Å². The highest BCUT2D eigenvalue weighted by Crippen LogP contribution is 2.32. The fraction of sp³-hybridized carbons (Fsp3) is 0. The Morgan fingerprint density at radius 2 is 1.38 bits per heavy atom. The summed E-state index contributed by atoms with van der Waals surface area (Å²) < 4.78 is 0. The Kier molecular flexibility index (Phi) is 3.25. The van der Waals surface area contributed by atoms with Crippen molar-refractivity contribution in [3.63, 3.8) is 0 Å². The molecule has 0 spiro atoms. The number of nitrogens with zero attached hydrogens (tertiary/aromatic N) is 2. The van der Waals surface area contributed by atoms with E-state index in [1.807, 2.05) is 60.7 Å². The number of nitrogens with one attached hydrogen (secondary N) is 1. The third kappa shape index (κ3) is 2.29. The van der Waals surface area contributed by atoms with E-state index in [2.05, 4.69) is 11.4 Å². The Balaban J connectivity index is 2.29. The lowest BCUT2D eigenvalue weighted by Gasteiger charge is -2.11. The van der Waals surface area contributed by atoms with Crippen LogP contribution in [-0.2, 0) is 0 Å². The van der Waals surface area contributed by atoms with Crippen LogP contribution in [0.4, 0.5) is 5.69 Å². The molecule has 0 unspecified atom stereocenters. The lowest BCUT2D eigenvalue weighted by Crippen LogP contribution is -1.93. The second-order valence-corrected chi connectivity index (χ2v) is 4.62. The number of hydrogen-bond acceptors (Lipinski definition) is 3. The summed E-state index contributed by atoms with van der Waals surface area (Å²) >= 11 is 0. The second-order valence-electron chi connectivity index (χ2n) is 4.62. The van der Waals surface area contributed by atoms with Crippen LogP contribution < -0.4 is 5.32 Å². The van der Waals surface area contributed by atoms with Gasteiger partial charge in [0.15, 0.2) is 0 Å². The van der Waals surface area contributed by atoms with Crippen molar-refractivity contribution in [1.29, 1.82) is 10.5 Å². The molecule has 0 saturated heterocycles. The van der Waals surface area contributed by atoms with Crippen LogP contribution in [0.15, 0.2) is 66.4 Å². The maximum absolute atomic E-state index is 8.85. The topological polar surface area (TPSA) is 59.6 Å². The molecular formula is C18H11N3. The zero-order valence-corrected chi connectivity index (χ0v) is 11.2. The van der Waals surface area contributed by atoms with Crippen LogP contribution in [0.2, 0.25) is 0 Å². The standard InChI is InChI=1S/C18H11N3/c19-10-13(11-20)12-21-18-16-7-3-1-5-14(16)9-15-6-2-4-8-17(15)18/h1-9,12,21H. The van der Waals surface area contributed by atoms with Gasteiger partial charge in [0, 0.05) is 17.0 Å². The van der Waals surface area contributed by atoms with Crippen molar-refractivity contribution in [2.24, 2.45) is 0 Å². The monoisotopic (exact) mass is 269 g/mol. The van der Waals surface area contributed by atoms with Crippen molar-refractivity contribution in [3.05, 3.63) is 66.4 Å². The van der Waals surface area contributed by atoms with Crippen molar-refractivity contribution < 1.29 is 0 Å². The third-order valence-electron chi connectivity index (χ3n) is 3.37. The van der Waals surface area contributed by atoms with Gasteiger partial charge in [-0.3, -0.25) is 0 Å². The average molecular weight is 269 g/mol. The third-order valence-corrected chi connectivity index (χ3v) is 3.37. The number of allylic oxidation sites excluding steroid dienone is 1. The van der Waals surface area contributed by atoms with Crippen LogP contribution in [0, 0.1) is 22.7 Å². The molecule has 0 atom stereocenters. The Labute approximate surface area is 122 Å². The van der Waals surface area contributed by atoms with Crippen LogP contribution >= 0.6 is 0 Å². The summed E-state index contributed by atoms with van der Waals surface area (Å²) in [5.41, 5.74) is 0.957. The summed E-state index contributed by atoms with van der Waals surface area (Å²) in [6.07, 6.45) is 1.45. The van der Waals surface area contributed by atoms with Crippen LogP contribution in [0.25, 0.3) is 21.5 Å². The molecular weight excluding hydrogens is 258 g/mol. The van der Waals surface area contributed by atoms with Crippen molar-refractivity contribution in [2.75, 3.05) is 5.32 Å². The molecule has 0 saturated carbocycles. The van der Waals surface area contributed by atoms with Gasteiger partial charge in [0.1, 0.15) is 17.7 Å². The lowest BCUT2D eigenvalue weighted by atomic mass is 10.0. The molecule has 0 aliphatic rings. The zero-order valence-electron chi connectivity index (χ0n) is 11.2. The number of fused-ring (bicyclic) bond motifs is 2. The maximum atomic E-state index is 8.85. The first-order valence-corrected chi connectivity index (χ1v) is 6.51. The van der Waals surface area contributed by atoms with Gasteiger partial charge in [-0.1, -0.05) is 48.5 Å². The Bertz CT molecular complexity index is 870. The van der Waals surface area contributed by atoms with Gasteiger partial charge in [-0.15, -0.1) is 0 Å². The molecule has 0 amide bonds. The zero-order chi connectivity index (χ0) is 14.7. The average Bonchev–Trinajstić information content (AvgIpc) is 2.54. The number of hydrogen-bond donors (Lipinski definition) is 1. The van der Waals surface area contributed by atoms with E-state index in [1.165, 1.54) is 6.20 Å². The van der Waals surface area contributed by atoms with E-state index in [0.717, 1.165) is 27.2 Å². The van der Waals surface area contributed by atoms with Gasteiger partial charge in [0.2, 0.25) is 0 Å². The quantitative estimate of drug-likeness (QED) is 0.556. The number of anilines is 1. The fourth-order valence-corrected chi connectivity index (χ4v) is 2.40. The van der Waals surface area contributed by atoms with Crippen molar-refractivity contribution >= 4 is 27.2 Å². The van der Waals surface area contributed by atoms with Gasteiger partial charge in [-0.25, -0.2) is 0 Å². The molecule has 3 aromatic rings. The minimum atomic E-state index is 0.0482. The van der Waals surface area contributed by atoms with E-state index in [4.69, 9.17) is 10.5 Å². The summed E-state index contributed by atoms with van der Waals surface area (Å²) in [7, 11) is 0. The SMILES string of the molecule is N#CC(C#N)=CNc1c2ccccc2cc2ccccc12. The van der Waals surface area contributed by atoms with Gasteiger partial charge in [-0.05, 0) is 16.8 Å². The fourth-order valence-electron chi connectivity index (χ4n) is 2.40. The van der Waals surface area contributed by atoms with Crippen molar-refractivity contribution in [1.82, 2.24) is 0 Å². The maximum Gasteiger partial charge on any atom is 0.145 e. The van der Waals surface area contributed by atoms with E-state index in [-0.39, 0.29) is 5.57 Å². The Hall–Kier alpha value is -3.30. The summed E-state index contributed by atoms with van der Waals surface area (Å²) in [4.78, 5) is 0. The molecule has 0 aromatic heterocycles. The smallest absolute Gasteiger partial charge is 0.145 e. The molecule has 0 fully saturated rings. The molecule has 3 heteroatoms. The van der Waals surface area contributed by atoms with Gasteiger partial charge in [0.25, 0.3) is 0 Å². The molecule has 3 rings (SSSR count). The van der Waals surface area contributed by atoms with E-state index >= 15 is 0 Å².